The Hall–Kier alpha value is -0.120. The second-order valence-electron chi connectivity index (χ2n) is 6.14. The van der Waals surface area contributed by atoms with Gasteiger partial charge in [-0.2, -0.15) is 0 Å². The molecule has 1 N–H and O–H groups in total. The van der Waals surface area contributed by atoms with Gasteiger partial charge in [0.25, 0.3) is 0 Å². The molecule has 1 aliphatic heterocycles. The van der Waals surface area contributed by atoms with E-state index < -0.39 is 0 Å². The molecule has 3 nitrogen and oxygen atoms in total. The lowest BCUT2D eigenvalue weighted by molar-refractivity contribution is 0.0390. The number of nitrogens with one attached hydrogen (secondary N) is 1. The monoisotopic (exact) mass is 270 g/mol. The van der Waals surface area contributed by atoms with Crippen LogP contribution < -0.4 is 5.32 Å². The first-order valence-corrected chi connectivity index (χ1v) is 8.10. The molecule has 3 heteroatoms. The fourth-order valence-corrected chi connectivity index (χ4v) is 3.23. The summed E-state index contributed by atoms with van der Waals surface area (Å²) in [7, 11) is 1.80. The molecule has 0 saturated carbocycles. The predicted molar refractivity (Wildman–Crippen MR) is 82.6 cm³/mol. The zero-order valence-electron chi connectivity index (χ0n) is 13.7. The third-order valence-electron chi connectivity index (χ3n) is 5.11. The highest BCUT2D eigenvalue weighted by molar-refractivity contribution is 4.97. The Morgan fingerprint density at radius 3 is 2.53 bits per heavy atom. The van der Waals surface area contributed by atoms with Gasteiger partial charge in [-0.15, -0.1) is 0 Å². The molecular weight excluding hydrogens is 236 g/mol. The number of hydrogen-bond acceptors (Lipinski definition) is 3. The Bertz CT molecular complexity index is 241. The van der Waals surface area contributed by atoms with Crippen molar-refractivity contribution in [2.75, 3.05) is 33.4 Å². The molecule has 0 amide bonds. The van der Waals surface area contributed by atoms with Gasteiger partial charge in [0.15, 0.2) is 0 Å². The van der Waals surface area contributed by atoms with Crippen LogP contribution >= 0.6 is 0 Å². The van der Waals surface area contributed by atoms with Crippen molar-refractivity contribution in [2.24, 2.45) is 5.92 Å². The molecule has 0 spiro atoms. The molecule has 2 atom stereocenters. The summed E-state index contributed by atoms with van der Waals surface area (Å²) in [6.07, 6.45) is 4.85. The van der Waals surface area contributed by atoms with Crippen molar-refractivity contribution in [3.8, 4) is 0 Å². The topological polar surface area (TPSA) is 24.5 Å². The molecular formula is C16H34N2O. The van der Waals surface area contributed by atoms with Crippen molar-refractivity contribution in [3.63, 3.8) is 0 Å². The van der Waals surface area contributed by atoms with Crippen LogP contribution in [0.25, 0.3) is 0 Å². The van der Waals surface area contributed by atoms with E-state index in [1.54, 1.807) is 7.11 Å². The Kier molecular flexibility index (Phi) is 7.33. The van der Waals surface area contributed by atoms with Gasteiger partial charge in [-0.1, -0.05) is 34.1 Å². The summed E-state index contributed by atoms with van der Waals surface area (Å²) in [5.74, 6) is 0.766. The fraction of sp³-hybridized carbons (Fsp3) is 1.00. The minimum atomic E-state index is 0.330. The van der Waals surface area contributed by atoms with Crippen molar-refractivity contribution in [1.29, 1.82) is 0 Å². The van der Waals surface area contributed by atoms with Crippen molar-refractivity contribution < 1.29 is 4.74 Å². The lowest BCUT2D eigenvalue weighted by Gasteiger charge is -2.49. The van der Waals surface area contributed by atoms with Gasteiger partial charge >= 0.3 is 0 Å². The molecule has 0 aromatic heterocycles. The third kappa shape index (κ3) is 4.44. The van der Waals surface area contributed by atoms with Crippen molar-refractivity contribution in [3.05, 3.63) is 0 Å². The van der Waals surface area contributed by atoms with Gasteiger partial charge in [-0.05, 0) is 25.2 Å². The van der Waals surface area contributed by atoms with E-state index in [2.05, 4.69) is 37.9 Å². The zero-order valence-corrected chi connectivity index (χ0v) is 13.7. The van der Waals surface area contributed by atoms with Crippen LogP contribution in [-0.2, 0) is 4.74 Å². The predicted octanol–water partition coefficient (Wildman–Crippen LogP) is 2.90. The maximum atomic E-state index is 5.22. The molecule has 1 rings (SSSR count). The van der Waals surface area contributed by atoms with Crippen LogP contribution in [0.15, 0.2) is 0 Å². The highest BCUT2D eigenvalue weighted by Crippen LogP contribution is 2.26. The van der Waals surface area contributed by atoms with E-state index in [-0.39, 0.29) is 0 Å². The van der Waals surface area contributed by atoms with Crippen molar-refractivity contribution >= 4 is 0 Å². The first kappa shape index (κ1) is 16.9. The van der Waals surface area contributed by atoms with Crippen LogP contribution in [0.5, 0.6) is 0 Å². The third-order valence-corrected chi connectivity index (χ3v) is 5.11. The Morgan fingerprint density at radius 2 is 2.00 bits per heavy atom. The summed E-state index contributed by atoms with van der Waals surface area (Å²) in [5, 5.41) is 3.84. The van der Waals surface area contributed by atoms with Gasteiger partial charge in [-0.25, -0.2) is 0 Å². The largest absolute Gasteiger partial charge is 0.385 e. The van der Waals surface area contributed by atoms with Crippen LogP contribution in [-0.4, -0.2) is 49.8 Å². The minimum Gasteiger partial charge on any atom is -0.385 e. The Labute approximate surface area is 120 Å². The molecule has 1 fully saturated rings. The van der Waals surface area contributed by atoms with Crippen LogP contribution in [0.2, 0.25) is 0 Å². The maximum Gasteiger partial charge on any atom is 0.0474 e. The molecule has 0 radical (unpaired) electrons. The second-order valence-corrected chi connectivity index (χ2v) is 6.14. The molecule has 114 valence electrons. The number of rotatable bonds is 8. The Morgan fingerprint density at radius 1 is 1.32 bits per heavy atom. The van der Waals surface area contributed by atoms with Gasteiger partial charge < -0.3 is 10.1 Å². The molecule has 19 heavy (non-hydrogen) atoms. The molecule has 0 bridgehead atoms. The highest BCUT2D eigenvalue weighted by atomic mass is 16.5. The fourth-order valence-electron chi connectivity index (χ4n) is 3.23. The van der Waals surface area contributed by atoms with Gasteiger partial charge in [0.05, 0.1) is 0 Å². The Balaban J connectivity index is 2.67. The summed E-state index contributed by atoms with van der Waals surface area (Å²) in [6.45, 7) is 13.7. The van der Waals surface area contributed by atoms with E-state index in [9.17, 15) is 0 Å². The van der Waals surface area contributed by atoms with Crippen LogP contribution in [0.3, 0.4) is 0 Å². The number of piperazine rings is 1. The zero-order chi connectivity index (χ0) is 14.3. The SMILES string of the molecule is CCC(C)C1CNC(CC)(CC)CN1CCCOC. The summed E-state index contributed by atoms with van der Waals surface area (Å²) in [4.78, 5) is 2.72. The number of hydrogen-bond donors (Lipinski definition) is 1. The smallest absolute Gasteiger partial charge is 0.0474 e. The van der Waals surface area contributed by atoms with Crippen LogP contribution in [0, 0.1) is 5.92 Å². The lowest BCUT2D eigenvalue weighted by atomic mass is 9.85. The lowest BCUT2D eigenvalue weighted by Crippen LogP contribution is -2.65. The first-order valence-electron chi connectivity index (χ1n) is 8.10. The maximum absolute atomic E-state index is 5.22. The van der Waals surface area contributed by atoms with Gasteiger partial charge in [0, 0.05) is 44.9 Å². The summed E-state index contributed by atoms with van der Waals surface area (Å²) < 4.78 is 5.22. The molecule has 2 unspecified atom stereocenters. The second kappa shape index (κ2) is 8.23. The normalized spacial score (nSPS) is 25.4. The number of nitrogens with zero attached hydrogens (tertiary/aromatic N) is 1. The van der Waals surface area contributed by atoms with Gasteiger partial charge in [-0.3, -0.25) is 4.90 Å². The van der Waals surface area contributed by atoms with Crippen LogP contribution in [0.4, 0.5) is 0 Å². The van der Waals surface area contributed by atoms with E-state index in [4.69, 9.17) is 4.74 Å². The average molecular weight is 270 g/mol. The average Bonchev–Trinajstić information content (AvgIpc) is 2.46. The molecule has 1 aliphatic rings. The number of ether oxygens (including phenoxy) is 1. The van der Waals surface area contributed by atoms with E-state index in [1.165, 1.54) is 32.4 Å². The molecule has 0 aromatic carbocycles. The van der Waals surface area contributed by atoms with E-state index in [1.807, 2.05) is 0 Å². The standard InChI is InChI=1S/C16H34N2O/c1-6-14(4)15-12-17-16(7-2,8-3)13-18(15)10-9-11-19-5/h14-15,17H,6-13H2,1-5H3. The van der Waals surface area contributed by atoms with Crippen molar-refractivity contribution in [2.45, 2.75) is 65.0 Å². The summed E-state index contributed by atoms with van der Waals surface area (Å²) in [5.41, 5.74) is 0.330. The molecule has 1 saturated heterocycles. The summed E-state index contributed by atoms with van der Waals surface area (Å²) in [6, 6.07) is 0.688. The van der Waals surface area contributed by atoms with Gasteiger partial charge in [0.2, 0.25) is 0 Å². The summed E-state index contributed by atoms with van der Waals surface area (Å²) >= 11 is 0. The first-order chi connectivity index (χ1) is 9.12. The highest BCUT2D eigenvalue weighted by Gasteiger charge is 2.37. The molecule has 0 aromatic rings. The number of methoxy groups -OCH3 is 1. The minimum absolute atomic E-state index is 0.330. The molecule has 0 aliphatic carbocycles. The van der Waals surface area contributed by atoms with E-state index in [0.29, 0.717) is 11.6 Å². The van der Waals surface area contributed by atoms with E-state index in [0.717, 1.165) is 25.5 Å². The van der Waals surface area contributed by atoms with Gasteiger partial charge in [0.1, 0.15) is 0 Å². The van der Waals surface area contributed by atoms with E-state index >= 15 is 0 Å². The molecule has 1 heterocycles. The van der Waals surface area contributed by atoms with Crippen molar-refractivity contribution in [1.82, 2.24) is 10.2 Å². The quantitative estimate of drug-likeness (QED) is 0.686. The van der Waals surface area contributed by atoms with Crippen LogP contribution in [0.1, 0.15) is 53.4 Å².